The van der Waals surface area contributed by atoms with E-state index in [1.54, 1.807) is 12.4 Å². The fraction of sp³-hybridized carbons (Fsp3) is 0.667. The molecule has 3 rings (SSSR count). The van der Waals surface area contributed by atoms with E-state index in [0.717, 1.165) is 18.5 Å². The van der Waals surface area contributed by atoms with Gasteiger partial charge in [-0.25, -0.2) is 4.98 Å². The molecule has 1 unspecified atom stereocenters. The van der Waals surface area contributed by atoms with Crippen LogP contribution in [0.1, 0.15) is 31.4 Å². The molecule has 0 aromatic carbocycles. The van der Waals surface area contributed by atoms with Gasteiger partial charge in [-0.1, -0.05) is 0 Å². The van der Waals surface area contributed by atoms with Crippen LogP contribution in [0.15, 0.2) is 12.4 Å². The maximum atomic E-state index is 5.88. The second kappa shape index (κ2) is 4.01. The Labute approximate surface area is 95.4 Å². The minimum Gasteiger partial charge on any atom is -0.473 e. The Balaban J connectivity index is 1.64. The highest BCUT2D eigenvalue weighted by Crippen LogP contribution is 2.28. The molecule has 0 amide bonds. The monoisotopic (exact) mass is 219 g/mol. The van der Waals surface area contributed by atoms with Gasteiger partial charge < -0.3 is 10.1 Å². The zero-order valence-electron chi connectivity index (χ0n) is 9.52. The molecule has 2 aliphatic heterocycles. The number of hydrogen-bond acceptors (Lipinski definition) is 4. The lowest BCUT2D eigenvalue weighted by atomic mass is 10.0. The average molecular weight is 219 g/mol. The van der Waals surface area contributed by atoms with Crippen molar-refractivity contribution in [1.82, 2.24) is 15.3 Å². The molecular formula is C12H17N3O. The maximum Gasteiger partial charge on any atom is 0.232 e. The van der Waals surface area contributed by atoms with E-state index in [4.69, 9.17) is 4.74 Å². The second-order valence-electron chi connectivity index (χ2n) is 4.85. The molecule has 2 saturated heterocycles. The fourth-order valence-corrected chi connectivity index (χ4v) is 2.71. The van der Waals surface area contributed by atoms with Crippen LogP contribution in [0.2, 0.25) is 0 Å². The molecular weight excluding hydrogens is 202 g/mol. The highest BCUT2D eigenvalue weighted by molar-refractivity contribution is 5.07. The van der Waals surface area contributed by atoms with Crippen molar-refractivity contribution in [3.05, 3.63) is 18.1 Å². The first-order chi connectivity index (χ1) is 7.79. The topological polar surface area (TPSA) is 47.0 Å². The summed E-state index contributed by atoms with van der Waals surface area (Å²) < 4.78 is 5.88. The summed E-state index contributed by atoms with van der Waals surface area (Å²) in [6.07, 6.45) is 8.59. The Morgan fingerprint density at radius 1 is 1.19 bits per heavy atom. The zero-order valence-corrected chi connectivity index (χ0v) is 9.52. The first-order valence-corrected chi connectivity index (χ1v) is 6.01. The molecule has 4 heteroatoms. The van der Waals surface area contributed by atoms with E-state index in [1.807, 2.05) is 6.92 Å². The van der Waals surface area contributed by atoms with Gasteiger partial charge in [0.05, 0.1) is 18.1 Å². The molecule has 0 radical (unpaired) electrons. The predicted octanol–water partition coefficient (Wildman–Crippen LogP) is 1.45. The number of ether oxygens (including phenoxy) is 1. The van der Waals surface area contributed by atoms with Crippen molar-refractivity contribution in [2.45, 2.75) is 50.8 Å². The summed E-state index contributed by atoms with van der Waals surface area (Å²) in [5, 5.41) is 3.60. The maximum absolute atomic E-state index is 5.88. The highest BCUT2D eigenvalue weighted by atomic mass is 16.5. The highest BCUT2D eigenvalue weighted by Gasteiger charge is 2.34. The van der Waals surface area contributed by atoms with Gasteiger partial charge in [-0.05, 0) is 32.6 Å². The van der Waals surface area contributed by atoms with Crippen LogP contribution in [0, 0.1) is 6.92 Å². The third-order valence-corrected chi connectivity index (χ3v) is 3.47. The number of aromatic nitrogens is 2. The van der Waals surface area contributed by atoms with Gasteiger partial charge >= 0.3 is 0 Å². The molecule has 0 saturated carbocycles. The SMILES string of the molecule is Cc1cnc(OC2C[C@H]3CC[C@@H](C2)N3)cn1. The van der Waals surface area contributed by atoms with Gasteiger partial charge in [-0.15, -0.1) is 0 Å². The number of hydrogen-bond donors (Lipinski definition) is 1. The second-order valence-corrected chi connectivity index (χ2v) is 4.85. The standard InChI is InChI=1S/C12H17N3O/c1-8-6-14-12(7-13-8)16-11-4-9-2-3-10(5-11)15-9/h6-7,9-11,15H,2-5H2,1H3/t9-,10+,11?. The van der Waals surface area contributed by atoms with Crippen LogP contribution < -0.4 is 10.1 Å². The zero-order chi connectivity index (χ0) is 11.0. The van der Waals surface area contributed by atoms with Gasteiger partial charge in [0, 0.05) is 12.1 Å². The van der Waals surface area contributed by atoms with Crippen LogP contribution in [0.4, 0.5) is 0 Å². The smallest absolute Gasteiger partial charge is 0.232 e. The van der Waals surface area contributed by atoms with Gasteiger partial charge in [-0.2, -0.15) is 0 Å². The van der Waals surface area contributed by atoms with Gasteiger partial charge in [0.15, 0.2) is 0 Å². The number of piperidine rings is 1. The molecule has 3 atom stereocenters. The molecule has 0 spiro atoms. The molecule has 86 valence electrons. The number of nitrogens with one attached hydrogen (secondary N) is 1. The fourth-order valence-electron chi connectivity index (χ4n) is 2.71. The summed E-state index contributed by atoms with van der Waals surface area (Å²) in [5.41, 5.74) is 0.928. The van der Waals surface area contributed by atoms with Gasteiger partial charge in [-0.3, -0.25) is 4.98 Å². The van der Waals surface area contributed by atoms with Crippen LogP contribution in [-0.2, 0) is 0 Å². The van der Waals surface area contributed by atoms with Crippen molar-refractivity contribution in [3.8, 4) is 5.88 Å². The van der Waals surface area contributed by atoms with Crippen molar-refractivity contribution < 1.29 is 4.74 Å². The summed E-state index contributed by atoms with van der Waals surface area (Å²) in [5.74, 6) is 0.664. The predicted molar refractivity (Wildman–Crippen MR) is 60.4 cm³/mol. The first-order valence-electron chi connectivity index (χ1n) is 6.01. The largest absolute Gasteiger partial charge is 0.473 e. The molecule has 1 aromatic rings. The van der Waals surface area contributed by atoms with Crippen molar-refractivity contribution in [2.24, 2.45) is 0 Å². The lowest BCUT2D eigenvalue weighted by molar-refractivity contribution is 0.131. The third-order valence-electron chi connectivity index (χ3n) is 3.47. The Morgan fingerprint density at radius 3 is 2.56 bits per heavy atom. The molecule has 2 aliphatic rings. The minimum absolute atomic E-state index is 0.316. The number of rotatable bonds is 2. The first kappa shape index (κ1) is 10.0. The van der Waals surface area contributed by atoms with E-state index in [0.29, 0.717) is 24.1 Å². The van der Waals surface area contributed by atoms with E-state index in [1.165, 1.54) is 12.8 Å². The van der Waals surface area contributed by atoms with E-state index >= 15 is 0 Å². The molecule has 1 N–H and O–H groups in total. The normalized spacial score (nSPS) is 32.7. The van der Waals surface area contributed by atoms with E-state index in [2.05, 4.69) is 15.3 Å². The number of fused-ring (bicyclic) bond motifs is 2. The average Bonchev–Trinajstić information content (AvgIpc) is 2.62. The molecule has 16 heavy (non-hydrogen) atoms. The minimum atomic E-state index is 0.316. The molecule has 2 bridgehead atoms. The lowest BCUT2D eigenvalue weighted by Crippen LogP contribution is -2.42. The summed E-state index contributed by atoms with van der Waals surface area (Å²) in [6.45, 7) is 1.93. The van der Waals surface area contributed by atoms with Crippen LogP contribution >= 0.6 is 0 Å². The number of aryl methyl sites for hydroxylation is 1. The van der Waals surface area contributed by atoms with Crippen molar-refractivity contribution in [1.29, 1.82) is 0 Å². The summed E-state index contributed by atoms with van der Waals surface area (Å²) in [6, 6.07) is 1.31. The van der Waals surface area contributed by atoms with Gasteiger partial charge in [0.1, 0.15) is 6.10 Å². The van der Waals surface area contributed by atoms with Crippen LogP contribution in [0.25, 0.3) is 0 Å². The van der Waals surface area contributed by atoms with Crippen molar-refractivity contribution in [3.63, 3.8) is 0 Å². The molecule has 0 aliphatic carbocycles. The van der Waals surface area contributed by atoms with E-state index in [9.17, 15) is 0 Å². The summed E-state index contributed by atoms with van der Waals surface area (Å²) in [4.78, 5) is 8.43. The quantitative estimate of drug-likeness (QED) is 0.817. The molecule has 3 heterocycles. The summed E-state index contributed by atoms with van der Waals surface area (Å²) in [7, 11) is 0. The van der Waals surface area contributed by atoms with Crippen LogP contribution in [0.3, 0.4) is 0 Å². The lowest BCUT2D eigenvalue weighted by Gasteiger charge is -2.28. The molecule has 2 fully saturated rings. The van der Waals surface area contributed by atoms with E-state index < -0.39 is 0 Å². The van der Waals surface area contributed by atoms with E-state index in [-0.39, 0.29) is 0 Å². The Hall–Kier alpha value is -1.16. The van der Waals surface area contributed by atoms with Crippen molar-refractivity contribution in [2.75, 3.05) is 0 Å². The number of nitrogens with zero attached hydrogens (tertiary/aromatic N) is 2. The Bertz CT molecular complexity index is 353. The van der Waals surface area contributed by atoms with Crippen LogP contribution in [-0.4, -0.2) is 28.2 Å². The Kier molecular flexibility index (Phi) is 2.52. The summed E-state index contributed by atoms with van der Waals surface area (Å²) >= 11 is 0. The Morgan fingerprint density at radius 2 is 1.94 bits per heavy atom. The van der Waals surface area contributed by atoms with Gasteiger partial charge in [0.25, 0.3) is 0 Å². The molecule has 4 nitrogen and oxygen atoms in total. The third kappa shape index (κ3) is 2.02. The van der Waals surface area contributed by atoms with Gasteiger partial charge in [0.2, 0.25) is 5.88 Å². The van der Waals surface area contributed by atoms with Crippen molar-refractivity contribution >= 4 is 0 Å². The molecule has 1 aromatic heterocycles. The van der Waals surface area contributed by atoms with Crippen LogP contribution in [0.5, 0.6) is 5.88 Å².